The summed E-state index contributed by atoms with van der Waals surface area (Å²) in [5, 5.41) is 12.3. The number of alkyl halides is 3. The molecule has 0 saturated carbocycles. The van der Waals surface area contributed by atoms with Gasteiger partial charge in [-0.3, -0.25) is 4.79 Å². The Bertz CT molecular complexity index is 321. The molecule has 4 nitrogen and oxygen atoms in total. The van der Waals surface area contributed by atoms with Crippen LogP contribution in [0.4, 0.5) is 13.2 Å². The van der Waals surface area contributed by atoms with Gasteiger partial charge in [0, 0.05) is 13.1 Å². The molecule has 0 radical (unpaired) electrons. The summed E-state index contributed by atoms with van der Waals surface area (Å²) < 4.78 is 35.7. The molecule has 2 N–H and O–H groups in total. The molecule has 124 valence electrons. The van der Waals surface area contributed by atoms with Crippen LogP contribution in [0.25, 0.3) is 0 Å². The number of rotatable bonds is 7. The Hall–Kier alpha value is -0.470. The third kappa shape index (κ3) is 9.21. The number of halogens is 3. The van der Waals surface area contributed by atoms with E-state index in [0.29, 0.717) is 24.2 Å². The van der Waals surface area contributed by atoms with Gasteiger partial charge < -0.3 is 15.3 Å². The Kier molecular flexibility index (Phi) is 7.83. The Morgan fingerprint density at radius 1 is 1.43 bits per heavy atom. The number of carbonyl (C=O) groups excluding carboxylic acids is 1. The van der Waals surface area contributed by atoms with E-state index in [9.17, 15) is 23.1 Å². The Labute approximate surface area is 127 Å². The molecule has 1 aliphatic heterocycles. The summed E-state index contributed by atoms with van der Waals surface area (Å²) in [6.45, 7) is 4.65. The SMILES string of the molecule is CC1CCN(CC(O)CNC(=O)CSCC(F)(F)F)CC1. The van der Waals surface area contributed by atoms with Crippen molar-refractivity contribution in [3.63, 3.8) is 0 Å². The molecular formula is C13H23F3N2O2S. The largest absolute Gasteiger partial charge is 0.397 e. The third-order valence-corrected chi connectivity index (χ3v) is 4.38. The first-order valence-corrected chi connectivity index (χ1v) is 8.23. The zero-order valence-electron chi connectivity index (χ0n) is 12.2. The fourth-order valence-corrected chi connectivity index (χ4v) is 2.77. The summed E-state index contributed by atoms with van der Waals surface area (Å²) in [5.74, 6) is -1.04. The van der Waals surface area contributed by atoms with Crippen LogP contribution < -0.4 is 5.32 Å². The summed E-state index contributed by atoms with van der Waals surface area (Å²) >= 11 is 0.527. The van der Waals surface area contributed by atoms with Crippen molar-refractivity contribution in [3.05, 3.63) is 0 Å². The van der Waals surface area contributed by atoms with E-state index in [0.717, 1.165) is 25.9 Å². The van der Waals surface area contributed by atoms with Crippen LogP contribution in [0.5, 0.6) is 0 Å². The molecule has 1 atom stereocenters. The normalized spacial score (nSPS) is 19.5. The first-order valence-electron chi connectivity index (χ1n) is 7.08. The lowest BCUT2D eigenvalue weighted by Crippen LogP contribution is -2.43. The molecule has 0 spiro atoms. The summed E-state index contributed by atoms with van der Waals surface area (Å²) in [5.41, 5.74) is 0. The molecule has 1 fully saturated rings. The molecule has 0 bridgehead atoms. The van der Waals surface area contributed by atoms with E-state index in [-0.39, 0.29) is 12.3 Å². The Morgan fingerprint density at radius 2 is 2.05 bits per heavy atom. The fourth-order valence-electron chi connectivity index (χ4n) is 2.15. The van der Waals surface area contributed by atoms with Crippen LogP contribution in [-0.4, -0.2) is 65.9 Å². The molecule has 1 rings (SSSR count). The minimum absolute atomic E-state index is 0.0808. The number of piperidine rings is 1. The lowest BCUT2D eigenvalue weighted by Gasteiger charge is -2.31. The number of amides is 1. The van der Waals surface area contributed by atoms with Crippen LogP contribution in [-0.2, 0) is 4.79 Å². The maximum absolute atomic E-state index is 11.9. The van der Waals surface area contributed by atoms with Gasteiger partial charge in [-0.15, -0.1) is 11.8 Å². The molecule has 21 heavy (non-hydrogen) atoms. The number of carbonyl (C=O) groups is 1. The number of hydrogen-bond donors (Lipinski definition) is 2. The zero-order chi connectivity index (χ0) is 15.9. The molecule has 0 aliphatic carbocycles. The lowest BCUT2D eigenvalue weighted by atomic mass is 9.99. The van der Waals surface area contributed by atoms with Gasteiger partial charge in [-0.25, -0.2) is 0 Å². The average molecular weight is 328 g/mol. The molecule has 0 aromatic heterocycles. The maximum Gasteiger partial charge on any atom is 0.397 e. The zero-order valence-corrected chi connectivity index (χ0v) is 13.0. The number of aliphatic hydroxyl groups is 1. The molecule has 1 saturated heterocycles. The van der Waals surface area contributed by atoms with Crippen molar-refractivity contribution in [2.45, 2.75) is 32.0 Å². The third-order valence-electron chi connectivity index (χ3n) is 3.38. The van der Waals surface area contributed by atoms with Crippen molar-refractivity contribution in [3.8, 4) is 0 Å². The smallest absolute Gasteiger partial charge is 0.390 e. The van der Waals surface area contributed by atoms with E-state index < -0.39 is 23.9 Å². The van der Waals surface area contributed by atoms with Crippen molar-refractivity contribution >= 4 is 17.7 Å². The van der Waals surface area contributed by atoms with Gasteiger partial charge in [0.2, 0.25) is 5.91 Å². The van der Waals surface area contributed by atoms with E-state index in [4.69, 9.17) is 0 Å². The predicted molar refractivity (Wildman–Crippen MR) is 77.2 cm³/mol. The standard InChI is InChI=1S/C13H23F3N2O2S/c1-10-2-4-18(5-3-10)7-11(19)6-17-12(20)8-21-9-13(14,15)16/h10-11,19H,2-9H2,1H3,(H,17,20). The van der Waals surface area contributed by atoms with Crippen LogP contribution in [0.1, 0.15) is 19.8 Å². The number of nitrogens with zero attached hydrogens (tertiary/aromatic N) is 1. The highest BCUT2D eigenvalue weighted by Crippen LogP contribution is 2.20. The highest BCUT2D eigenvalue weighted by Gasteiger charge is 2.27. The van der Waals surface area contributed by atoms with Gasteiger partial charge in [-0.2, -0.15) is 13.2 Å². The van der Waals surface area contributed by atoms with E-state index in [1.54, 1.807) is 0 Å². The molecule has 0 aromatic rings. The molecule has 8 heteroatoms. The first-order chi connectivity index (χ1) is 9.76. The van der Waals surface area contributed by atoms with Gasteiger partial charge in [-0.05, 0) is 31.8 Å². The first kappa shape index (κ1) is 18.6. The van der Waals surface area contributed by atoms with E-state index in [1.807, 2.05) is 0 Å². The van der Waals surface area contributed by atoms with Gasteiger partial charge in [0.25, 0.3) is 0 Å². The van der Waals surface area contributed by atoms with Gasteiger partial charge in [0.05, 0.1) is 17.6 Å². The van der Waals surface area contributed by atoms with E-state index in [1.165, 1.54) is 0 Å². The van der Waals surface area contributed by atoms with Crippen molar-refractivity contribution < 1.29 is 23.1 Å². The number of hydrogen-bond acceptors (Lipinski definition) is 4. The summed E-state index contributed by atoms with van der Waals surface area (Å²) in [4.78, 5) is 13.5. The van der Waals surface area contributed by atoms with Crippen LogP contribution >= 0.6 is 11.8 Å². The predicted octanol–water partition coefficient (Wildman–Crippen LogP) is 1.49. The number of thioether (sulfide) groups is 1. The van der Waals surface area contributed by atoms with Crippen LogP contribution in [0.2, 0.25) is 0 Å². The molecule has 1 aliphatic rings. The second-order valence-electron chi connectivity index (χ2n) is 5.55. The van der Waals surface area contributed by atoms with E-state index in [2.05, 4.69) is 17.1 Å². The number of aliphatic hydroxyl groups excluding tert-OH is 1. The Balaban J connectivity index is 2.09. The number of β-amino-alcohol motifs (C(OH)–C–C–N with tert-alkyl or cyclic N) is 1. The van der Waals surface area contributed by atoms with E-state index >= 15 is 0 Å². The lowest BCUT2D eigenvalue weighted by molar-refractivity contribution is -0.119. The van der Waals surface area contributed by atoms with Crippen molar-refractivity contribution in [1.82, 2.24) is 10.2 Å². The quantitative estimate of drug-likeness (QED) is 0.743. The molecule has 1 unspecified atom stereocenters. The highest BCUT2D eigenvalue weighted by molar-refractivity contribution is 8.00. The van der Waals surface area contributed by atoms with Crippen LogP contribution in [0.15, 0.2) is 0 Å². The molecular weight excluding hydrogens is 305 g/mol. The van der Waals surface area contributed by atoms with Gasteiger partial charge in [0.15, 0.2) is 0 Å². The molecule has 1 amide bonds. The number of nitrogens with one attached hydrogen (secondary N) is 1. The second kappa shape index (κ2) is 8.85. The minimum atomic E-state index is -4.25. The topological polar surface area (TPSA) is 52.6 Å². The van der Waals surface area contributed by atoms with Crippen molar-refractivity contribution in [2.75, 3.05) is 37.7 Å². The second-order valence-corrected chi connectivity index (χ2v) is 6.53. The van der Waals surface area contributed by atoms with Gasteiger partial charge in [-0.1, -0.05) is 6.92 Å². The maximum atomic E-state index is 11.9. The van der Waals surface area contributed by atoms with Crippen molar-refractivity contribution in [1.29, 1.82) is 0 Å². The monoisotopic (exact) mass is 328 g/mol. The molecule has 0 aromatic carbocycles. The average Bonchev–Trinajstić information content (AvgIpc) is 2.38. The fraction of sp³-hybridized carbons (Fsp3) is 0.923. The van der Waals surface area contributed by atoms with Gasteiger partial charge >= 0.3 is 6.18 Å². The highest BCUT2D eigenvalue weighted by atomic mass is 32.2. The molecule has 1 heterocycles. The van der Waals surface area contributed by atoms with Crippen molar-refractivity contribution in [2.24, 2.45) is 5.92 Å². The summed E-state index contributed by atoms with van der Waals surface area (Å²) in [6.07, 6.45) is -2.73. The van der Waals surface area contributed by atoms with Crippen LogP contribution in [0.3, 0.4) is 0 Å². The van der Waals surface area contributed by atoms with Crippen LogP contribution in [0, 0.1) is 5.92 Å². The Morgan fingerprint density at radius 3 is 2.62 bits per heavy atom. The summed E-state index contributed by atoms with van der Waals surface area (Å²) in [7, 11) is 0. The minimum Gasteiger partial charge on any atom is -0.390 e. The summed E-state index contributed by atoms with van der Waals surface area (Å²) in [6, 6.07) is 0. The number of likely N-dealkylation sites (tertiary alicyclic amines) is 1. The van der Waals surface area contributed by atoms with Gasteiger partial charge in [0.1, 0.15) is 0 Å².